The van der Waals surface area contributed by atoms with Crippen LogP contribution in [0.25, 0.3) is 0 Å². The van der Waals surface area contributed by atoms with Crippen molar-refractivity contribution in [2.24, 2.45) is 11.8 Å². The van der Waals surface area contributed by atoms with Gasteiger partial charge in [0.05, 0.1) is 5.92 Å². The molecule has 0 aromatic rings. The van der Waals surface area contributed by atoms with Crippen LogP contribution in [-0.2, 0) is 15.0 Å². The summed E-state index contributed by atoms with van der Waals surface area (Å²) < 4.78 is 28.3. The van der Waals surface area contributed by atoms with Gasteiger partial charge in [0.2, 0.25) is 0 Å². The normalized spacial score (nSPS) is 22.1. The van der Waals surface area contributed by atoms with Gasteiger partial charge < -0.3 is 5.11 Å². The maximum atomic E-state index is 12.2. The third-order valence-corrected chi connectivity index (χ3v) is 5.69. The highest BCUT2D eigenvalue weighted by atomic mass is 32.2. The molecule has 1 aliphatic heterocycles. The molecule has 2 atom stereocenters. The minimum absolute atomic E-state index is 0.118. The molecule has 0 amide bonds. The zero-order valence-electron chi connectivity index (χ0n) is 11.8. The van der Waals surface area contributed by atoms with Gasteiger partial charge in [-0.25, -0.2) is 0 Å². The molecule has 2 unspecified atom stereocenters. The average Bonchev–Trinajstić information content (AvgIpc) is 2.37. The van der Waals surface area contributed by atoms with Crippen LogP contribution in [-0.4, -0.2) is 42.9 Å². The van der Waals surface area contributed by atoms with E-state index >= 15 is 0 Å². The van der Waals surface area contributed by atoms with Crippen LogP contribution in [0.15, 0.2) is 0 Å². The highest BCUT2D eigenvalue weighted by molar-refractivity contribution is 7.87. The van der Waals surface area contributed by atoms with E-state index in [2.05, 4.69) is 4.72 Å². The van der Waals surface area contributed by atoms with Crippen molar-refractivity contribution >= 4 is 16.2 Å². The van der Waals surface area contributed by atoms with Crippen molar-refractivity contribution in [1.82, 2.24) is 9.03 Å². The summed E-state index contributed by atoms with van der Waals surface area (Å²) in [6.07, 6.45) is 1.67. The van der Waals surface area contributed by atoms with Crippen molar-refractivity contribution in [1.29, 1.82) is 0 Å². The van der Waals surface area contributed by atoms with Crippen LogP contribution in [0.5, 0.6) is 0 Å². The number of hydrogen-bond acceptors (Lipinski definition) is 3. The average molecular weight is 292 g/mol. The summed E-state index contributed by atoms with van der Waals surface area (Å²) in [7, 11) is -3.50. The van der Waals surface area contributed by atoms with Gasteiger partial charge in [-0.1, -0.05) is 20.3 Å². The van der Waals surface area contributed by atoms with Gasteiger partial charge in [-0.15, -0.1) is 0 Å². The summed E-state index contributed by atoms with van der Waals surface area (Å²) >= 11 is 0. The van der Waals surface area contributed by atoms with Crippen LogP contribution < -0.4 is 4.72 Å². The Balaban J connectivity index is 2.58. The predicted octanol–water partition coefficient (Wildman–Crippen LogP) is 1.05. The molecule has 6 nitrogen and oxygen atoms in total. The molecule has 0 spiro atoms. The fourth-order valence-corrected chi connectivity index (χ4v) is 3.67. The van der Waals surface area contributed by atoms with Crippen molar-refractivity contribution in [2.75, 3.05) is 13.1 Å². The van der Waals surface area contributed by atoms with Crippen molar-refractivity contribution in [3.63, 3.8) is 0 Å². The molecule has 2 N–H and O–H groups in total. The van der Waals surface area contributed by atoms with Crippen LogP contribution in [0.2, 0.25) is 0 Å². The molecule has 19 heavy (non-hydrogen) atoms. The molecule has 0 radical (unpaired) electrons. The number of nitrogens with zero attached hydrogens (tertiary/aromatic N) is 1. The second-order valence-corrected chi connectivity index (χ2v) is 7.01. The molecular formula is C12H24N2O4S. The van der Waals surface area contributed by atoms with Crippen LogP contribution in [0.4, 0.5) is 0 Å². The van der Waals surface area contributed by atoms with E-state index < -0.39 is 22.1 Å². The lowest BCUT2D eigenvalue weighted by atomic mass is 9.99. The maximum Gasteiger partial charge on any atom is 0.306 e. The zero-order chi connectivity index (χ0) is 14.6. The van der Waals surface area contributed by atoms with Gasteiger partial charge in [0.15, 0.2) is 0 Å². The number of carbonyl (C=O) groups is 1. The molecule has 0 aromatic heterocycles. The Morgan fingerprint density at radius 3 is 2.32 bits per heavy atom. The summed E-state index contributed by atoms with van der Waals surface area (Å²) in [6.45, 7) is 6.44. The third kappa shape index (κ3) is 4.43. The van der Waals surface area contributed by atoms with Crippen LogP contribution in [0, 0.1) is 11.8 Å². The highest BCUT2D eigenvalue weighted by Crippen LogP contribution is 2.20. The second kappa shape index (κ2) is 6.67. The minimum atomic E-state index is -3.50. The van der Waals surface area contributed by atoms with Crippen LogP contribution in [0.3, 0.4) is 0 Å². The Morgan fingerprint density at radius 2 is 1.89 bits per heavy atom. The van der Waals surface area contributed by atoms with E-state index in [1.165, 1.54) is 4.31 Å². The monoisotopic (exact) mass is 292 g/mol. The van der Waals surface area contributed by atoms with Gasteiger partial charge in [0.1, 0.15) is 0 Å². The first-order valence-electron chi connectivity index (χ1n) is 6.78. The fraction of sp³-hybridized carbons (Fsp3) is 0.917. The molecule has 7 heteroatoms. The molecular weight excluding hydrogens is 268 g/mol. The van der Waals surface area contributed by atoms with Crippen LogP contribution in [0.1, 0.15) is 40.0 Å². The molecule has 1 heterocycles. The highest BCUT2D eigenvalue weighted by Gasteiger charge is 2.32. The number of aliphatic carboxylic acids is 1. The molecule has 1 rings (SSSR count). The Kier molecular flexibility index (Phi) is 5.76. The molecule has 1 saturated heterocycles. The van der Waals surface area contributed by atoms with E-state index in [0.717, 1.165) is 6.42 Å². The fourth-order valence-electron chi connectivity index (χ4n) is 2.12. The van der Waals surface area contributed by atoms with Crippen LogP contribution >= 0.6 is 0 Å². The summed E-state index contributed by atoms with van der Waals surface area (Å²) in [5.74, 6) is -0.984. The SMILES string of the molecule is CCC(C)C(C)NS(=O)(=O)N1CCC(C(=O)O)CC1. The van der Waals surface area contributed by atoms with E-state index in [-0.39, 0.29) is 25.0 Å². The molecule has 1 fully saturated rings. The summed E-state index contributed by atoms with van der Waals surface area (Å²) in [6, 6.07) is -0.118. The smallest absolute Gasteiger partial charge is 0.306 e. The van der Waals surface area contributed by atoms with Crippen molar-refractivity contribution in [3.8, 4) is 0 Å². The first-order valence-corrected chi connectivity index (χ1v) is 8.22. The van der Waals surface area contributed by atoms with Gasteiger partial charge in [-0.2, -0.15) is 17.4 Å². The molecule has 0 saturated carbocycles. The van der Waals surface area contributed by atoms with E-state index in [9.17, 15) is 13.2 Å². The lowest BCUT2D eigenvalue weighted by molar-refractivity contribution is -0.142. The van der Waals surface area contributed by atoms with Gasteiger partial charge in [0.25, 0.3) is 10.2 Å². The van der Waals surface area contributed by atoms with Crippen molar-refractivity contribution < 1.29 is 18.3 Å². The van der Waals surface area contributed by atoms with Crippen molar-refractivity contribution in [2.45, 2.75) is 46.1 Å². The topological polar surface area (TPSA) is 86.7 Å². The number of carboxylic acids is 1. The number of carboxylic acid groups (broad SMARTS) is 1. The van der Waals surface area contributed by atoms with E-state index in [0.29, 0.717) is 12.8 Å². The lowest BCUT2D eigenvalue weighted by Crippen LogP contribution is -2.49. The molecule has 0 bridgehead atoms. The largest absolute Gasteiger partial charge is 0.481 e. The number of rotatable bonds is 6. The summed E-state index contributed by atoms with van der Waals surface area (Å²) in [5.41, 5.74) is 0. The summed E-state index contributed by atoms with van der Waals surface area (Å²) in [4.78, 5) is 10.8. The van der Waals surface area contributed by atoms with Gasteiger partial charge >= 0.3 is 5.97 Å². The number of hydrogen-bond donors (Lipinski definition) is 2. The minimum Gasteiger partial charge on any atom is -0.481 e. The molecule has 0 aliphatic carbocycles. The Bertz CT molecular complexity index is 402. The molecule has 1 aliphatic rings. The van der Waals surface area contributed by atoms with E-state index in [4.69, 9.17) is 5.11 Å². The first-order chi connectivity index (χ1) is 8.77. The first kappa shape index (κ1) is 16.4. The number of piperidine rings is 1. The van der Waals surface area contributed by atoms with E-state index in [1.807, 2.05) is 20.8 Å². The quantitative estimate of drug-likeness (QED) is 0.766. The Labute approximate surface area is 115 Å². The zero-order valence-corrected chi connectivity index (χ0v) is 12.6. The lowest BCUT2D eigenvalue weighted by Gasteiger charge is -2.31. The van der Waals surface area contributed by atoms with Crippen molar-refractivity contribution in [3.05, 3.63) is 0 Å². The molecule has 0 aromatic carbocycles. The second-order valence-electron chi connectivity index (χ2n) is 5.31. The summed E-state index contributed by atoms with van der Waals surface area (Å²) in [5, 5.41) is 8.89. The van der Waals surface area contributed by atoms with Gasteiger partial charge in [0, 0.05) is 19.1 Å². The number of nitrogens with one attached hydrogen (secondary N) is 1. The van der Waals surface area contributed by atoms with Gasteiger partial charge in [-0.05, 0) is 25.7 Å². The maximum absolute atomic E-state index is 12.2. The molecule has 112 valence electrons. The van der Waals surface area contributed by atoms with E-state index in [1.54, 1.807) is 0 Å². The van der Waals surface area contributed by atoms with Gasteiger partial charge in [-0.3, -0.25) is 4.79 Å². The Morgan fingerprint density at radius 1 is 1.37 bits per heavy atom. The standard InChI is InChI=1S/C12H24N2O4S/c1-4-9(2)10(3)13-19(17,18)14-7-5-11(6-8-14)12(15)16/h9-11,13H,4-8H2,1-3H3,(H,15,16). The Hall–Kier alpha value is -0.660. The predicted molar refractivity (Wildman–Crippen MR) is 72.9 cm³/mol. The third-order valence-electron chi connectivity index (χ3n) is 3.98.